The van der Waals surface area contributed by atoms with Gasteiger partial charge in [0.2, 0.25) is 0 Å². The van der Waals surface area contributed by atoms with E-state index in [-0.39, 0.29) is 6.09 Å². The maximum absolute atomic E-state index is 12.0. The lowest BCUT2D eigenvalue weighted by atomic mass is 9.92. The molecule has 0 N–H and O–H groups in total. The van der Waals surface area contributed by atoms with Gasteiger partial charge in [-0.15, -0.1) is 0 Å². The van der Waals surface area contributed by atoms with E-state index in [0.29, 0.717) is 23.6 Å². The molecule has 2 heterocycles. The molecule has 7 heteroatoms. The van der Waals surface area contributed by atoms with Crippen molar-refractivity contribution in [1.82, 2.24) is 14.9 Å². The minimum Gasteiger partial charge on any atom is -0.463 e. The van der Waals surface area contributed by atoms with Crippen molar-refractivity contribution in [1.29, 1.82) is 0 Å². The highest BCUT2D eigenvalue weighted by Gasteiger charge is 2.26. The quantitative estimate of drug-likeness (QED) is 0.748. The average molecular weight is 356 g/mol. The van der Waals surface area contributed by atoms with Gasteiger partial charge in [-0.1, -0.05) is 11.6 Å². The third-order valence-electron chi connectivity index (χ3n) is 3.85. The van der Waals surface area contributed by atoms with E-state index < -0.39 is 5.60 Å². The number of piperidine rings is 1. The molecular formula is C17H26ClN3O3. The van der Waals surface area contributed by atoms with Crippen molar-refractivity contribution in [3.63, 3.8) is 0 Å². The Balaban J connectivity index is 1.61. The fourth-order valence-electron chi connectivity index (χ4n) is 2.64. The van der Waals surface area contributed by atoms with Gasteiger partial charge >= 0.3 is 12.1 Å². The summed E-state index contributed by atoms with van der Waals surface area (Å²) in [5.41, 5.74) is -0.436. The summed E-state index contributed by atoms with van der Waals surface area (Å²) in [5, 5.41) is 0.499. The van der Waals surface area contributed by atoms with Gasteiger partial charge in [0.15, 0.2) is 0 Å². The highest BCUT2D eigenvalue weighted by Crippen LogP contribution is 2.23. The summed E-state index contributed by atoms with van der Waals surface area (Å²) < 4.78 is 10.9. The number of likely N-dealkylation sites (tertiary alicyclic amines) is 1. The summed E-state index contributed by atoms with van der Waals surface area (Å²) in [5.74, 6) is 0.624. The molecule has 1 aliphatic rings. The average Bonchev–Trinajstić information content (AvgIpc) is 2.52. The van der Waals surface area contributed by atoms with Crippen LogP contribution in [0.5, 0.6) is 6.01 Å². The molecule has 0 aromatic carbocycles. The van der Waals surface area contributed by atoms with E-state index in [0.717, 1.165) is 38.8 Å². The third kappa shape index (κ3) is 6.51. The number of hydrogen-bond donors (Lipinski definition) is 0. The van der Waals surface area contributed by atoms with Crippen LogP contribution in [0.15, 0.2) is 12.4 Å². The number of rotatable bonds is 5. The number of hydrogen-bond acceptors (Lipinski definition) is 5. The van der Waals surface area contributed by atoms with Crippen molar-refractivity contribution >= 4 is 17.7 Å². The predicted octanol–water partition coefficient (Wildman–Crippen LogP) is 3.94. The van der Waals surface area contributed by atoms with Gasteiger partial charge in [0.25, 0.3) is 0 Å². The number of carbonyl (C=O) groups is 1. The molecule has 0 aliphatic carbocycles. The van der Waals surface area contributed by atoms with Gasteiger partial charge in [0.1, 0.15) is 5.60 Å². The largest absolute Gasteiger partial charge is 0.463 e. The van der Waals surface area contributed by atoms with E-state index >= 15 is 0 Å². The summed E-state index contributed by atoms with van der Waals surface area (Å²) >= 11 is 5.73. The van der Waals surface area contributed by atoms with Crippen LogP contribution in [0.25, 0.3) is 0 Å². The second-order valence-corrected chi connectivity index (χ2v) is 7.52. The highest BCUT2D eigenvalue weighted by molar-refractivity contribution is 6.30. The minimum absolute atomic E-state index is 0.204. The summed E-state index contributed by atoms with van der Waals surface area (Å²) in [7, 11) is 0. The SMILES string of the molecule is CC(C)(C)OC(=O)N1CCC(CCCOc2ncc(Cl)cn2)CC1. The van der Waals surface area contributed by atoms with Gasteiger partial charge in [-0.3, -0.25) is 0 Å². The molecule has 0 unspecified atom stereocenters. The van der Waals surface area contributed by atoms with Crippen LogP contribution in [0.2, 0.25) is 5.02 Å². The lowest BCUT2D eigenvalue weighted by Crippen LogP contribution is -2.41. The molecule has 134 valence electrons. The fourth-order valence-corrected chi connectivity index (χ4v) is 2.74. The normalized spacial score (nSPS) is 16.1. The maximum atomic E-state index is 12.0. The molecule has 2 rings (SSSR count). The number of nitrogens with zero attached hydrogens (tertiary/aromatic N) is 3. The molecule has 24 heavy (non-hydrogen) atoms. The molecule has 0 spiro atoms. The Hall–Kier alpha value is -1.56. The van der Waals surface area contributed by atoms with E-state index in [1.54, 1.807) is 4.90 Å². The molecular weight excluding hydrogens is 330 g/mol. The van der Waals surface area contributed by atoms with E-state index in [2.05, 4.69) is 9.97 Å². The number of ether oxygens (including phenoxy) is 2. The summed E-state index contributed by atoms with van der Waals surface area (Å²) in [6.45, 7) is 7.79. The summed E-state index contributed by atoms with van der Waals surface area (Å²) in [4.78, 5) is 21.8. The first-order valence-corrected chi connectivity index (χ1v) is 8.79. The molecule has 0 atom stereocenters. The van der Waals surface area contributed by atoms with E-state index in [9.17, 15) is 4.79 Å². The summed E-state index contributed by atoms with van der Waals surface area (Å²) in [6.07, 6.45) is 6.89. The van der Waals surface area contributed by atoms with Crippen LogP contribution in [0.3, 0.4) is 0 Å². The van der Waals surface area contributed by atoms with Gasteiger partial charge in [-0.25, -0.2) is 14.8 Å². The van der Waals surface area contributed by atoms with Crippen molar-refractivity contribution in [3.8, 4) is 6.01 Å². The number of carbonyl (C=O) groups excluding carboxylic acids is 1. The first kappa shape index (κ1) is 18.8. The Labute approximate surface area is 148 Å². The topological polar surface area (TPSA) is 64.5 Å². The van der Waals surface area contributed by atoms with Crippen molar-refractivity contribution in [2.75, 3.05) is 19.7 Å². The van der Waals surface area contributed by atoms with Gasteiger partial charge < -0.3 is 14.4 Å². The van der Waals surface area contributed by atoms with Crippen molar-refractivity contribution in [2.24, 2.45) is 5.92 Å². The van der Waals surface area contributed by atoms with Gasteiger partial charge in [0.05, 0.1) is 24.0 Å². The number of halogens is 1. The highest BCUT2D eigenvalue weighted by atomic mass is 35.5. The molecule has 1 amide bonds. The zero-order valence-corrected chi connectivity index (χ0v) is 15.4. The Morgan fingerprint density at radius 2 is 1.92 bits per heavy atom. The van der Waals surface area contributed by atoms with Crippen LogP contribution >= 0.6 is 11.6 Å². The summed E-state index contributed by atoms with van der Waals surface area (Å²) in [6, 6.07) is 0.360. The molecule has 0 saturated carbocycles. The lowest BCUT2D eigenvalue weighted by Gasteiger charge is -2.33. The Morgan fingerprint density at radius 1 is 1.29 bits per heavy atom. The zero-order valence-electron chi connectivity index (χ0n) is 14.6. The second kappa shape index (κ2) is 8.51. The van der Waals surface area contributed by atoms with Crippen LogP contribution in [0.1, 0.15) is 46.5 Å². The molecule has 1 aromatic heterocycles. The maximum Gasteiger partial charge on any atom is 0.410 e. The molecule has 6 nitrogen and oxygen atoms in total. The van der Waals surface area contributed by atoms with Gasteiger partial charge in [-0.2, -0.15) is 0 Å². The van der Waals surface area contributed by atoms with Crippen LogP contribution in [-0.2, 0) is 4.74 Å². The van der Waals surface area contributed by atoms with Crippen LogP contribution < -0.4 is 4.74 Å². The molecule has 1 saturated heterocycles. The van der Waals surface area contributed by atoms with E-state index in [1.807, 2.05) is 20.8 Å². The van der Waals surface area contributed by atoms with Crippen molar-refractivity contribution in [3.05, 3.63) is 17.4 Å². The Morgan fingerprint density at radius 3 is 2.50 bits per heavy atom. The second-order valence-electron chi connectivity index (χ2n) is 7.09. The third-order valence-corrected chi connectivity index (χ3v) is 4.05. The molecule has 0 radical (unpaired) electrons. The monoisotopic (exact) mass is 355 g/mol. The Bertz CT molecular complexity index is 523. The van der Waals surface area contributed by atoms with Gasteiger partial charge in [0, 0.05) is 13.1 Å². The smallest absolute Gasteiger partial charge is 0.410 e. The number of aromatic nitrogens is 2. The molecule has 1 fully saturated rings. The van der Waals surface area contributed by atoms with Crippen LogP contribution in [0.4, 0.5) is 4.79 Å². The van der Waals surface area contributed by atoms with Crippen LogP contribution in [0, 0.1) is 5.92 Å². The lowest BCUT2D eigenvalue weighted by molar-refractivity contribution is 0.0179. The van der Waals surface area contributed by atoms with E-state index in [4.69, 9.17) is 21.1 Å². The molecule has 1 aromatic rings. The molecule has 0 bridgehead atoms. The zero-order chi connectivity index (χ0) is 17.6. The minimum atomic E-state index is -0.436. The van der Waals surface area contributed by atoms with Gasteiger partial charge in [-0.05, 0) is 52.4 Å². The van der Waals surface area contributed by atoms with Crippen molar-refractivity contribution < 1.29 is 14.3 Å². The standard InChI is InChI=1S/C17H26ClN3O3/c1-17(2,3)24-16(22)21-8-6-13(7-9-21)5-4-10-23-15-19-11-14(18)12-20-15/h11-13H,4-10H2,1-3H3. The van der Waals surface area contributed by atoms with Crippen LogP contribution in [-0.4, -0.2) is 46.3 Å². The van der Waals surface area contributed by atoms with E-state index in [1.165, 1.54) is 12.4 Å². The van der Waals surface area contributed by atoms with Crippen molar-refractivity contribution in [2.45, 2.75) is 52.1 Å². The first-order chi connectivity index (χ1) is 11.3. The predicted molar refractivity (Wildman–Crippen MR) is 92.3 cm³/mol. The fraction of sp³-hybridized carbons (Fsp3) is 0.706. The Kier molecular flexibility index (Phi) is 6.66. The number of amides is 1. The molecule has 1 aliphatic heterocycles. The first-order valence-electron chi connectivity index (χ1n) is 8.42.